The Morgan fingerprint density at radius 3 is 2.24 bits per heavy atom. The van der Waals surface area contributed by atoms with E-state index in [1.807, 2.05) is 24.3 Å². The van der Waals surface area contributed by atoms with Gasteiger partial charge in [-0.2, -0.15) is 0 Å². The third-order valence-electron chi connectivity index (χ3n) is 3.30. The summed E-state index contributed by atoms with van der Waals surface area (Å²) < 4.78 is 11.3. The fraction of sp³-hybridized carbons (Fsp3) is 0.250. The number of hydrogen-bond donors (Lipinski definition) is 0. The highest BCUT2D eigenvalue weighted by atomic mass is 35.5. The molecule has 0 aromatic heterocycles. The molecule has 2 aromatic rings. The molecule has 1 aliphatic heterocycles. The van der Waals surface area contributed by atoms with E-state index in [2.05, 4.69) is 0 Å². The van der Waals surface area contributed by atoms with Gasteiger partial charge in [0.15, 0.2) is 11.5 Å². The minimum Gasteiger partial charge on any atom is -0.490 e. The summed E-state index contributed by atoms with van der Waals surface area (Å²) in [5.74, 6) is 1.49. The third kappa shape index (κ3) is 3.23. The number of fused-ring (bicyclic) bond motifs is 1. The minimum absolute atomic E-state index is 0.322. The Morgan fingerprint density at radius 1 is 0.810 bits per heavy atom. The molecule has 0 bridgehead atoms. The van der Waals surface area contributed by atoms with Crippen LogP contribution in [0.25, 0.3) is 0 Å². The van der Waals surface area contributed by atoms with Crippen LogP contribution in [0.3, 0.4) is 0 Å². The van der Waals surface area contributed by atoms with Crippen molar-refractivity contribution in [2.75, 3.05) is 13.2 Å². The van der Waals surface area contributed by atoms with Crippen molar-refractivity contribution in [2.45, 2.75) is 11.8 Å². The number of hydrogen-bond acceptors (Lipinski definition) is 2. The van der Waals surface area contributed by atoms with Gasteiger partial charge in [0.25, 0.3) is 0 Å². The number of ether oxygens (including phenoxy) is 2. The van der Waals surface area contributed by atoms with Crippen molar-refractivity contribution in [3.05, 3.63) is 57.6 Å². The van der Waals surface area contributed by atoms with E-state index in [0.29, 0.717) is 23.3 Å². The molecule has 2 nitrogen and oxygen atoms in total. The zero-order chi connectivity index (χ0) is 14.8. The molecular weight excluding hydrogens is 331 g/mol. The fourth-order valence-electron chi connectivity index (χ4n) is 2.20. The van der Waals surface area contributed by atoms with E-state index in [1.54, 1.807) is 12.1 Å². The highest BCUT2D eigenvalue weighted by molar-refractivity contribution is 6.42. The van der Waals surface area contributed by atoms with Crippen LogP contribution in [0.5, 0.6) is 11.5 Å². The molecule has 110 valence electrons. The monoisotopic (exact) mass is 342 g/mol. The summed E-state index contributed by atoms with van der Waals surface area (Å²) in [5, 5.41) is 0.689. The smallest absolute Gasteiger partial charge is 0.161 e. The van der Waals surface area contributed by atoms with Gasteiger partial charge in [-0.1, -0.05) is 35.3 Å². The van der Waals surface area contributed by atoms with Crippen molar-refractivity contribution in [3.8, 4) is 11.5 Å². The Kier molecular flexibility index (Phi) is 4.48. The van der Waals surface area contributed by atoms with Crippen LogP contribution in [0, 0.1) is 0 Å². The molecule has 0 N–H and O–H groups in total. The van der Waals surface area contributed by atoms with Gasteiger partial charge in [-0.3, -0.25) is 0 Å². The number of halogens is 3. The van der Waals surface area contributed by atoms with Crippen LogP contribution < -0.4 is 9.47 Å². The van der Waals surface area contributed by atoms with Gasteiger partial charge in [-0.25, -0.2) is 0 Å². The lowest BCUT2D eigenvalue weighted by Gasteiger charge is -2.14. The van der Waals surface area contributed by atoms with Crippen molar-refractivity contribution in [3.63, 3.8) is 0 Å². The molecule has 2 aromatic carbocycles. The molecule has 1 aliphatic rings. The van der Waals surface area contributed by atoms with E-state index in [-0.39, 0.29) is 5.38 Å². The maximum absolute atomic E-state index is 6.54. The predicted octanol–water partition coefficient (Wildman–Crippen LogP) is 5.48. The van der Waals surface area contributed by atoms with Crippen LogP contribution in [0.4, 0.5) is 0 Å². The van der Waals surface area contributed by atoms with Crippen LogP contribution in [0.1, 0.15) is 22.9 Å². The van der Waals surface area contributed by atoms with Gasteiger partial charge in [0, 0.05) is 6.42 Å². The molecule has 0 aliphatic carbocycles. The molecule has 0 fully saturated rings. The van der Waals surface area contributed by atoms with Crippen molar-refractivity contribution in [1.29, 1.82) is 0 Å². The molecule has 0 saturated carbocycles. The van der Waals surface area contributed by atoms with Gasteiger partial charge in [0.2, 0.25) is 0 Å². The van der Waals surface area contributed by atoms with E-state index in [9.17, 15) is 0 Å². The second kappa shape index (κ2) is 6.35. The third-order valence-corrected chi connectivity index (χ3v) is 4.54. The van der Waals surface area contributed by atoms with Crippen LogP contribution in [-0.4, -0.2) is 13.2 Å². The molecular formula is C16H13Cl3O2. The average molecular weight is 344 g/mol. The highest BCUT2D eigenvalue weighted by Gasteiger charge is 2.17. The van der Waals surface area contributed by atoms with Crippen LogP contribution in [0.2, 0.25) is 10.0 Å². The second-order valence-electron chi connectivity index (χ2n) is 4.79. The first-order valence-corrected chi connectivity index (χ1v) is 7.83. The Bertz CT molecular complexity index is 658. The van der Waals surface area contributed by atoms with Gasteiger partial charge >= 0.3 is 0 Å². The van der Waals surface area contributed by atoms with Crippen LogP contribution in [-0.2, 0) is 0 Å². The van der Waals surface area contributed by atoms with Crippen molar-refractivity contribution >= 4 is 34.8 Å². The Morgan fingerprint density at radius 2 is 1.48 bits per heavy atom. The van der Waals surface area contributed by atoms with Crippen molar-refractivity contribution in [2.24, 2.45) is 0 Å². The van der Waals surface area contributed by atoms with Gasteiger partial charge in [0.1, 0.15) is 0 Å². The number of rotatable bonds is 2. The van der Waals surface area contributed by atoms with Crippen LogP contribution in [0.15, 0.2) is 36.4 Å². The standard InChI is InChI=1S/C16H13Cl3O2/c17-12-4-2-10(8-13(12)18)16(19)11-3-5-14-15(9-11)21-7-1-6-20-14/h2-5,8-9,16H,1,6-7H2. The molecule has 1 heterocycles. The van der Waals surface area contributed by atoms with Crippen LogP contribution >= 0.6 is 34.8 Å². The molecule has 5 heteroatoms. The molecule has 0 saturated heterocycles. The SMILES string of the molecule is Clc1ccc(C(Cl)c2ccc3c(c2)OCCCO3)cc1Cl. The molecule has 21 heavy (non-hydrogen) atoms. The Labute approximate surface area is 138 Å². The lowest BCUT2D eigenvalue weighted by Crippen LogP contribution is -1.97. The summed E-state index contributed by atoms with van der Waals surface area (Å²) in [6.07, 6.45) is 0.876. The van der Waals surface area contributed by atoms with Crippen molar-refractivity contribution < 1.29 is 9.47 Å². The topological polar surface area (TPSA) is 18.5 Å². The minimum atomic E-state index is -0.322. The number of benzene rings is 2. The maximum atomic E-state index is 6.54. The highest BCUT2D eigenvalue weighted by Crippen LogP contribution is 2.37. The van der Waals surface area contributed by atoms with E-state index in [4.69, 9.17) is 44.3 Å². The zero-order valence-electron chi connectivity index (χ0n) is 11.1. The molecule has 0 radical (unpaired) electrons. The zero-order valence-corrected chi connectivity index (χ0v) is 13.4. The van der Waals surface area contributed by atoms with Gasteiger partial charge < -0.3 is 9.47 Å². The molecule has 1 atom stereocenters. The lowest BCUT2D eigenvalue weighted by molar-refractivity contribution is 0.297. The fourth-order valence-corrected chi connectivity index (χ4v) is 2.78. The maximum Gasteiger partial charge on any atom is 0.161 e. The van der Waals surface area contributed by atoms with E-state index in [1.165, 1.54) is 0 Å². The van der Waals surface area contributed by atoms with Gasteiger partial charge in [-0.05, 0) is 35.4 Å². The first kappa shape index (κ1) is 14.8. The summed E-state index contributed by atoms with van der Waals surface area (Å²) in [4.78, 5) is 0. The summed E-state index contributed by atoms with van der Waals surface area (Å²) in [6, 6.07) is 11.1. The average Bonchev–Trinajstić information content (AvgIpc) is 2.73. The summed E-state index contributed by atoms with van der Waals surface area (Å²) in [6.45, 7) is 1.32. The quantitative estimate of drug-likeness (QED) is 0.672. The number of alkyl halides is 1. The summed E-state index contributed by atoms with van der Waals surface area (Å²) >= 11 is 18.5. The first-order valence-electron chi connectivity index (χ1n) is 6.64. The second-order valence-corrected chi connectivity index (χ2v) is 6.04. The van der Waals surface area contributed by atoms with E-state index in [0.717, 1.165) is 29.0 Å². The lowest BCUT2D eigenvalue weighted by atomic mass is 10.0. The van der Waals surface area contributed by atoms with Crippen molar-refractivity contribution in [1.82, 2.24) is 0 Å². The Hall–Kier alpha value is -1.09. The van der Waals surface area contributed by atoms with E-state index < -0.39 is 0 Å². The van der Waals surface area contributed by atoms with Gasteiger partial charge in [-0.15, -0.1) is 11.6 Å². The largest absolute Gasteiger partial charge is 0.490 e. The molecule has 0 amide bonds. The van der Waals surface area contributed by atoms with Gasteiger partial charge in [0.05, 0.1) is 28.6 Å². The molecule has 3 rings (SSSR count). The summed E-state index contributed by atoms with van der Waals surface area (Å²) in [7, 11) is 0. The first-order chi connectivity index (χ1) is 10.1. The van der Waals surface area contributed by atoms with E-state index >= 15 is 0 Å². The predicted molar refractivity (Wildman–Crippen MR) is 86.2 cm³/mol. The molecule has 1 unspecified atom stereocenters. The normalized spacial score (nSPS) is 15.4. The summed E-state index contributed by atoms with van der Waals surface area (Å²) in [5.41, 5.74) is 1.82. The molecule has 0 spiro atoms. The Balaban J connectivity index is 1.92.